The van der Waals surface area contributed by atoms with E-state index in [0.29, 0.717) is 35.1 Å². The molecule has 1 aliphatic carbocycles. The van der Waals surface area contributed by atoms with Crippen LogP contribution in [0.5, 0.6) is 5.75 Å². The maximum atomic E-state index is 9.83. The van der Waals surface area contributed by atoms with Gasteiger partial charge in [-0.1, -0.05) is 23.4 Å². The molecule has 31 heavy (non-hydrogen) atoms. The maximum absolute atomic E-state index is 9.83. The van der Waals surface area contributed by atoms with Crippen LogP contribution in [0.4, 0.5) is 5.95 Å². The van der Waals surface area contributed by atoms with Crippen molar-refractivity contribution in [3.63, 3.8) is 0 Å². The zero-order chi connectivity index (χ0) is 21.4. The highest BCUT2D eigenvalue weighted by atomic mass is 16.5. The number of nitrogen functional groups attached to an aromatic ring is 1. The van der Waals surface area contributed by atoms with Crippen LogP contribution in [0.15, 0.2) is 42.6 Å². The molecule has 0 bridgehead atoms. The molecule has 3 N–H and O–H groups in total. The second-order valence-corrected chi connectivity index (χ2v) is 7.81. The Morgan fingerprint density at radius 2 is 2.00 bits per heavy atom. The number of anilines is 1. The summed E-state index contributed by atoms with van der Waals surface area (Å²) < 4.78 is 7.14. The van der Waals surface area contributed by atoms with Crippen LogP contribution >= 0.6 is 0 Å². The number of para-hydroxylation sites is 1. The third-order valence-electron chi connectivity index (χ3n) is 5.68. The molecule has 0 spiro atoms. The number of nitrogens with zero attached hydrogens (tertiary/aromatic N) is 6. The summed E-state index contributed by atoms with van der Waals surface area (Å²) in [5.74, 6) is 1.08. The molecular formula is C22H23N7O2. The lowest BCUT2D eigenvalue weighted by Gasteiger charge is -2.10. The molecule has 9 heteroatoms. The van der Waals surface area contributed by atoms with E-state index in [1.165, 1.54) is 0 Å². The lowest BCUT2D eigenvalue weighted by molar-refractivity contribution is 0.181. The minimum atomic E-state index is -0.220. The Balaban J connectivity index is 1.44. The smallest absolute Gasteiger partial charge is 0.221 e. The van der Waals surface area contributed by atoms with Crippen LogP contribution in [0.2, 0.25) is 0 Å². The number of fused-ring (bicyclic) bond motifs is 1. The van der Waals surface area contributed by atoms with E-state index >= 15 is 0 Å². The standard InChI is InChI=1S/C22H23N7O2/c1-31-19-7-3-5-16-20(25-22(23)26-21(16)19)18-12-29(28-27-18)11-14-4-2-6-17(24-14)13-8-9-15(30)10-13/h2-7,12-13,15,30H,8-11H2,1H3,(H2,23,25,26). The minimum absolute atomic E-state index is 0.148. The van der Waals surface area contributed by atoms with Crippen molar-refractivity contribution in [2.45, 2.75) is 37.8 Å². The largest absolute Gasteiger partial charge is 0.494 e. The predicted molar refractivity (Wildman–Crippen MR) is 115 cm³/mol. The molecule has 1 saturated carbocycles. The molecule has 2 atom stereocenters. The summed E-state index contributed by atoms with van der Waals surface area (Å²) in [5.41, 5.74) is 9.70. The lowest BCUT2D eigenvalue weighted by Crippen LogP contribution is -2.06. The van der Waals surface area contributed by atoms with E-state index in [4.69, 9.17) is 15.5 Å². The van der Waals surface area contributed by atoms with Gasteiger partial charge in [-0.25, -0.2) is 14.6 Å². The molecule has 2 unspecified atom stereocenters. The van der Waals surface area contributed by atoms with E-state index in [9.17, 15) is 5.11 Å². The lowest BCUT2D eigenvalue weighted by atomic mass is 10.0. The Hall–Kier alpha value is -3.59. The van der Waals surface area contributed by atoms with Gasteiger partial charge in [-0.05, 0) is 37.5 Å². The molecule has 4 aromatic rings. The summed E-state index contributed by atoms with van der Waals surface area (Å²) in [5, 5.41) is 19.2. The van der Waals surface area contributed by atoms with Crippen molar-refractivity contribution in [1.82, 2.24) is 29.9 Å². The van der Waals surface area contributed by atoms with Crippen LogP contribution in [0.3, 0.4) is 0 Å². The van der Waals surface area contributed by atoms with Crippen molar-refractivity contribution in [3.05, 3.63) is 54.0 Å². The molecule has 0 radical (unpaired) electrons. The Morgan fingerprint density at radius 1 is 1.13 bits per heavy atom. The van der Waals surface area contributed by atoms with Crippen molar-refractivity contribution >= 4 is 16.9 Å². The maximum Gasteiger partial charge on any atom is 0.221 e. The van der Waals surface area contributed by atoms with Gasteiger partial charge in [0.05, 0.1) is 31.6 Å². The zero-order valence-electron chi connectivity index (χ0n) is 17.1. The molecule has 9 nitrogen and oxygen atoms in total. The number of aromatic nitrogens is 6. The van der Waals surface area contributed by atoms with E-state index in [-0.39, 0.29) is 12.1 Å². The number of benzene rings is 1. The average molecular weight is 417 g/mol. The van der Waals surface area contributed by atoms with Gasteiger partial charge in [0.2, 0.25) is 5.95 Å². The highest BCUT2D eigenvalue weighted by Gasteiger charge is 2.25. The first-order valence-electron chi connectivity index (χ1n) is 10.3. The number of pyridine rings is 1. The number of aliphatic hydroxyl groups is 1. The van der Waals surface area contributed by atoms with Gasteiger partial charge >= 0.3 is 0 Å². The number of hydrogen-bond donors (Lipinski definition) is 2. The van der Waals surface area contributed by atoms with E-state index in [0.717, 1.165) is 36.0 Å². The molecule has 158 valence electrons. The second-order valence-electron chi connectivity index (χ2n) is 7.81. The monoisotopic (exact) mass is 417 g/mol. The molecular weight excluding hydrogens is 394 g/mol. The normalized spacial score (nSPS) is 18.5. The quantitative estimate of drug-likeness (QED) is 0.507. The van der Waals surface area contributed by atoms with Gasteiger partial charge in [0.15, 0.2) is 0 Å². The molecule has 0 aliphatic heterocycles. The molecule has 0 saturated heterocycles. The number of ether oxygens (including phenoxy) is 1. The summed E-state index contributed by atoms with van der Waals surface area (Å²) in [4.78, 5) is 13.5. The molecule has 0 amide bonds. The van der Waals surface area contributed by atoms with Crippen LogP contribution in [-0.4, -0.2) is 48.3 Å². The fourth-order valence-corrected chi connectivity index (χ4v) is 4.19. The second kappa shape index (κ2) is 7.92. The van der Waals surface area contributed by atoms with Crippen LogP contribution in [-0.2, 0) is 6.54 Å². The van der Waals surface area contributed by atoms with Crippen molar-refractivity contribution in [3.8, 4) is 17.1 Å². The zero-order valence-corrected chi connectivity index (χ0v) is 17.1. The first-order valence-corrected chi connectivity index (χ1v) is 10.3. The van der Waals surface area contributed by atoms with Crippen LogP contribution in [0, 0.1) is 0 Å². The third-order valence-corrected chi connectivity index (χ3v) is 5.68. The first kappa shape index (κ1) is 19.4. The number of nitrogens with two attached hydrogens (primary N) is 1. The van der Waals surface area contributed by atoms with Crippen LogP contribution < -0.4 is 10.5 Å². The van der Waals surface area contributed by atoms with E-state index in [1.54, 1.807) is 11.8 Å². The summed E-state index contributed by atoms with van der Waals surface area (Å²) in [6.45, 7) is 0.484. The van der Waals surface area contributed by atoms with Crippen molar-refractivity contribution in [2.75, 3.05) is 12.8 Å². The summed E-state index contributed by atoms with van der Waals surface area (Å²) in [6, 6.07) is 11.6. The number of aliphatic hydroxyl groups excluding tert-OH is 1. The van der Waals surface area contributed by atoms with Crippen LogP contribution in [0.25, 0.3) is 22.3 Å². The van der Waals surface area contributed by atoms with E-state index < -0.39 is 0 Å². The first-order chi connectivity index (χ1) is 15.1. The Bertz CT molecular complexity index is 1240. The Kier molecular flexibility index (Phi) is 4.95. The molecule has 1 fully saturated rings. The molecule has 3 aromatic heterocycles. The number of rotatable bonds is 5. The fraction of sp³-hybridized carbons (Fsp3) is 0.318. The van der Waals surface area contributed by atoms with Gasteiger partial charge < -0.3 is 15.6 Å². The minimum Gasteiger partial charge on any atom is -0.494 e. The highest BCUT2D eigenvalue weighted by molar-refractivity contribution is 5.95. The van der Waals surface area contributed by atoms with Gasteiger partial charge in [-0.3, -0.25) is 4.98 Å². The molecule has 1 aliphatic rings. The third kappa shape index (κ3) is 3.79. The number of hydrogen-bond acceptors (Lipinski definition) is 8. The molecule has 1 aromatic carbocycles. The van der Waals surface area contributed by atoms with Gasteiger partial charge in [0.25, 0.3) is 0 Å². The highest BCUT2D eigenvalue weighted by Crippen LogP contribution is 2.33. The summed E-state index contributed by atoms with van der Waals surface area (Å²) in [6.07, 6.45) is 4.19. The summed E-state index contributed by atoms with van der Waals surface area (Å²) in [7, 11) is 1.59. The Labute approximate surface area is 178 Å². The molecule has 5 rings (SSSR count). The topological polar surface area (TPSA) is 125 Å². The van der Waals surface area contributed by atoms with Crippen molar-refractivity contribution < 1.29 is 9.84 Å². The predicted octanol–water partition coefficient (Wildman–Crippen LogP) is 2.55. The Morgan fingerprint density at radius 3 is 2.81 bits per heavy atom. The van der Waals surface area contributed by atoms with Gasteiger partial charge in [-0.2, -0.15) is 0 Å². The fourth-order valence-electron chi connectivity index (χ4n) is 4.19. The number of methoxy groups -OCH3 is 1. The van der Waals surface area contributed by atoms with Crippen molar-refractivity contribution in [2.24, 2.45) is 0 Å². The SMILES string of the molecule is COc1cccc2c(-c3cn(Cc4cccc(C5CCC(O)C5)n4)nn3)nc(N)nc12. The van der Waals surface area contributed by atoms with E-state index in [1.807, 2.05) is 42.6 Å². The van der Waals surface area contributed by atoms with E-state index in [2.05, 4.69) is 20.3 Å². The van der Waals surface area contributed by atoms with Crippen LogP contribution in [0.1, 0.15) is 36.6 Å². The van der Waals surface area contributed by atoms with Crippen molar-refractivity contribution in [1.29, 1.82) is 0 Å². The van der Waals surface area contributed by atoms with Gasteiger partial charge in [0, 0.05) is 17.0 Å². The average Bonchev–Trinajstić information content (AvgIpc) is 3.42. The van der Waals surface area contributed by atoms with Gasteiger partial charge in [0.1, 0.15) is 22.7 Å². The van der Waals surface area contributed by atoms with Gasteiger partial charge in [-0.15, -0.1) is 5.10 Å². The molecule has 3 heterocycles. The summed E-state index contributed by atoms with van der Waals surface area (Å²) >= 11 is 0.